The number of hydrogen-bond acceptors (Lipinski definition) is 8. The van der Waals surface area contributed by atoms with Crippen LogP contribution in [0.4, 0.5) is 11.5 Å². The molecule has 2 aliphatic rings. The molecule has 0 spiro atoms. The van der Waals surface area contributed by atoms with Crippen LogP contribution in [0.2, 0.25) is 0 Å². The van der Waals surface area contributed by atoms with Crippen molar-refractivity contribution in [3.63, 3.8) is 0 Å². The normalized spacial score (nSPS) is 19.3. The van der Waals surface area contributed by atoms with E-state index in [1.807, 2.05) is 12.1 Å². The summed E-state index contributed by atoms with van der Waals surface area (Å²) in [5, 5.41) is 4.30. The van der Waals surface area contributed by atoms with E-state index in [-0.39, 0.29) is 17.9 Å². The quantitative estimate of drug-likeness (QED) is 0.555. The summed E-state index contributed by atoms with van der Waals surface area (Å²) in [4.78, 5) is 27.5. The molecular formula is C26H33N7O2. The number of primary amides is 1. The fourth-order valence-corrected chi connectivity index (χ4v) is 5.04. The highest BCUT2D eigenvalue weighted by molar-refractivity contribution is 5.77. The van der Waals surface area contributed by atoms with Gasteiger partial charge in [0.25, 0.3) is 0 Å². The van der Waals surface area contributed by atoms with Gasteiger partial charge in [0.05, 0.1) is 6.04 Å². The molecule has 1 atom stereocenters. The number of rotatable bonds is 7. The second-order valence-electron chi connectivity index (χ2n) is 9.71. The van der Waals surface area contributed by atoms with Crippen LogP contribution in [0.3, 0.4) is 0 Å². The lowest BCUT2D eigenvalue weighted by Crippen LogP contribution is -2.38. The molecule has 5 rings (SSSR count). The predicted molar refractivity (Wildman–Crippen MR) is 135 cm³/mol. The first-order chi connectivity index (χ1) is 17.0. The summed E-state index contributed by atoms with van der Waals surface area (Å²) in [6, 6.07) is 12.7. The van der Waals surface area contributed by atoms with Crippen molar-refractivity contribution >= 4 is 17.4 Å². The van der Waals surface area contributed by atoms with Gasteiger partial charge in [-0.05, 0) is 62.1 Å². The van der Waals surface area contributed by atoms with Crippen LogP contribution in [0.25, 0.3) is 11.4 Å². The third-order valence-corrected chi connectivity index (χ3v) is 7.15. The number of nitrogens with zero attached hydrogens (tertiary/aromatic N) is 6. The van der Waals surface area contributed by atoms with Crippen LogP contribution in [0.15, 0.2) is 47.1 Å². The van der Waals surface area contributed by atoms with Gasteiger partial charge < -0.3 is 20.1 Å². The van der Waals surface area contributed by atoms with Gasteiger partial charge in [-0.25, -0.2) is 4.98 Å². The number of benzene rings is 1. The predicted octanol–water partition coefficient (Wildman–Crippen LogP) is 3.24. The topological polar surface area (TPSA) is 105 Å². The summed E-state index contributed by atoms with van der Waals surface area (Å²) in [6.07, 6.45) is 5.40. The van der Waals surface area contributed by atoms with E-state index in [1.165, 1.54) is 11.3 Å². The Bertz CT molecular complexity index is 1150. The average molecular weight is 476 g/mol. The molecule has 1 amide bonds. The fraction of sp³-hybridized carbons (Fsp3) is 0.462. The number of aromatic nitrogens is 3. The minimum Gasteiger partial charge on any atom is -0.378 e. The van der Waals surface area contributed by atoms with Crippen molar-refractivity contribution in [3.8, 4) is 11.4 Å². The number of anilines is 2. The summed E-state index contributed by atoms with van der Waals surface area (Å²) in [6.45, 7) is 3.39. The lowest BCUT2D eigenvalue weighted by atomic mass is 9.96. The highest BCUT2D eigenvalue weighted by Crippen LogP contribution is 2.34. The molecule has 1 aromatic carbocycles. The third-order valence-electron chi connectivity index (χ3n) is 7.15. The van der Waals surface area contributed by atoms with E-state index in [0.717, 1.165) is 63.2 Å². The smallest absolute Gasteiger partial charge is 0.244 e. The second kappa shape index (κ2) is 10.0. The van der Waals surface area contributed by atoms with Crippen molar-refractivity contribution in [2.45, 2.75) is 38.3 Å². The number of nitrogens with two attached hydrogens (primary N) is 1. The molecule has 0 aliphatic carbocycles. The number of likely N-dealkylation sites (tertiary alicyclic amines) is 1. The van der Waals surface area contributed by atoms with Crippen molar-refractivity contribution in [1.29, 1.82) is 0 Å². The van der Waals surface area contributed by atoms with Gasteiger partial charge in [-0.1, -0.05) is 17.3 Å². The van der Waals surface area contributed by atoms with Gasteiger partial charge >= 0.3 is 0 Å². The Morgan fingerprint density at radius 3 is 2.60 bits per heavy atom. The van der Waals surface area contributed by atoms with E-state index >= 15 is 0 Å². The minimum absolute atomic E-state index is 0.0468. The lowest BCUT2D eigenvalue weighted by molar-refractivity contribution is -0.122. The Labute approximate surface area is 205 Å². The number of hydrogen-bond donors (Lipinski definition) is 1. The van der Waals surface area contributed by atoms with Crippen LogP contribution in [0, 0.1) is 5.92 Å². The first kappa shape index (κ1) is 23.3. The molecule has 9 heteroatoms. The molecule has 3 aromatic rings. The Hall–Kier alpha value is -3.46. The molecule has 9 nitrogen and oxygen atoms in total. The molecule has 2 saturated heterocycles. The maximum absolute atomic E-state index is 11.5. The van der Waals surface area contributed by atoms with E-state index in [4.69, 9.17) is 15.2 Å². The van der Waals surface area contributed by atoms with Gasteiger partial charge in [-0.3, -0.25) is 9.69 Å². The molecule has 2 fully saturated rings. The molecule has 4 heterocycles. The van der Waals surface area contributed by atoms with Crippen molar-refractivity contribution in [1.82, 2.24) is 20.0 Å². The van der Waals surface area contributed by atoms with E-state index in [9.17, 15) is 4.79 Å². The van der Waals surface area contributed by atoms with Crippen LogP contribution in [-0.4, -0.2) is 59.7 Å². The number of amides is 1. The molecule has 0 saturated carbocycles. The Morgan fingerprint density at radius 2 is 1.89 bits per heavy atom. The molecular weight excluding hydrogens is 442 g/mol. The van der Waals surface area contributed by atoms with Gasteiger partial charge in [0.1, 0.15) is 5.82 Å². The van der Waals surface area contributed by atoms with Crippen LogP contribution in [0.1, 0.15) is 43.2 Å². The molecule has 0 bridgehead atoms. The Balaban J connectivity index is 1.27. The highest BCUT2D eigenvalue weighted by Gasteiger charge is 2.31. The first-order valence-corrected chi connectivity index (χ1v) is 12.3. The monoisotopic (exact) mass is 475 g/mol. The van der Waals surface area contributed by atoms with E-state index in [2.05, 4.69) is 63.2 Å². The van der Waals surface area contributed by atoms with Gasteiger partial charge in [-0.15, -0.1) is 0 Å². The van der Waals surface area contributed by atoms with Crippen LogP contribution in [-0.2, 0) is 11.3 Å². The lowest BCUT2D eigenvalue weighted by Gasteiger charge is -2.31. The maximum Gasteiger partial charge on any atom is 0.244 e. The molecule has 184 valence electrons. The van der Waals surface area contributed by atoms with Crippen molar-refractivity contribution < 1.29 is 9.32 Å². The second-order valence-corrected chi connectivity index (χ2v) is 9.71. The van der Waals surface area contributed by atoms with E-state index < -0.39 is 0 Å². The average Bonchev–Trinajstić information content (AvgIpc) is 3.54. The van der Waals surface area contributed by atoms with Crippen LogP contribution < -0.4 is 15.5 Å². The van der Waals surface area contributed by atoms with Crippen molar-refractivity contribution in [2.24, 2.45) is 11.7 Å². The molecule has 2 aliphatic heterocycles. The van der Waals surface area contributed by atoms with E-state index in [1.54, 1.807) is 6.20 Å². The number of piperidine rings is 1. The van der Waals surface area contributed by atoms with Crippen molar-refractivity contribution in [3.05, 3.63) is 54.0 Å². The number of carbonyl (C=O) groups is 1. The fourth-order valence-electron chi connectivity index (χ4n) is 5.04. The van der Waals surface area contributed by atoms with E-state index in [0.29, 0.717) is 11.7 Å². The highest BCUT2D eigenvalue weighted by atomic mass is 16.5. The third kappa shape index (κ3) is 5.14. The van der Waals surface area contributed by atoms with Crippen molar-refractivity contribution in [2.75, 3.05) is 43.5 Å². The zero-order chi connectivity index (χ0) is 24.4. The summed E-state index contributed by atoms with van der Waals surface area (Å²) in [7, 11) is 4.10. The summed E-state index contributed by atoms with van der Waals surface area (Å²) in [5.41, 5.74) is 8.83. The number of pyridine rings is 1. The minimum atomic E-state index is -0.211. The maximum atomic E-state index is 11.5. The SMILES string of the molecule is CN(C)c1ccc(CN2CCCC2c2nc(-c3ccnc(N4CCC(C(N)=O)CC4)c3)no2)cc1. The molecule has 2 aromatic heterocycles. The van der Waals surface area contributed by atoms with Crippen LogP contribution >= 0.6 is 0 Å². The standard InChI is InChI=1S/C26H33N7O2/c1-31(2)21-7-5-18(6-8-21)17-33-13-3-4-22(33)26-29-25(30-35-26)20-9-12-28-23(16-20)32-14-10-19(11-15-32)24(27)34/h5-9,12,16,19,22H,3-4,10-11,13-15,17H2,1-2H3,(H2,27,34). The summed E-state index contributed by atoms with van der Waals surface area (Å²) in [5.74, 6) is 1.85. The zero-order valence-corrected chi connectivity index (χ0v) is 20.4. The molecule has 35 heavy (non-hydrogen) atoms. The summed E-state index contributed by atoms with van der Waals surface area (Å²) < 4.78 is 5.75. The Morgan fingerprint density at radius 1 is 1.11 bits per heavy atom. The largest absolute Gasteiger partial charge is 0.378 e. The molecule has 1 unspecified atom stereocenters. The summed E-state index contributed by atoms with van der Waals surface area (Å²) >= 11 is 0. The van der Waals surface area contributed by atoms with Gasteiger partial charge in [0.2, 0.25) is 17.6 Å². The Kier molecular flexibility index (Phi) is 6.68. The molecule has 0 radical (unpaired) electrons. The zero-order valence-electron chi connectivity index (χ0n) is 20.4. The van der Waals surface area contributed by atoms with Crippen LogP contribution in [0.5, 0.6) is 0 Å². The first-order valence-electron chi connectivity index (χ1n) is 12.3. The van der Waals surface area contributed by atoms with Gasteiger partial charge in [0, 0.05) is 57.1 Å². The molecule has 2 N–H and O–H groups in total. The van der Waals surface area contributed by atoms with Gasteiger partial charge in [0.15, 0.2) is 0 Å². The number of carbonyl (C=O) groups excluding carboxylic acids is 1. The van der Waals surface area contributed by atoms with Gasteiger partial charge in [-0.2, -0.15) is 4.98 Å².